The lowest BCUT2D eigenvalue weighted by atomic mass is 10.1. The molecule has 0 radical (unpaired) electrons. The van der Waals surface area contributed by atoms with Crippen molar-refractivity contribution in [3.63, 3.8) is 0 Å². The van der Waals surface area contributed by atoms with Crippen molar-refractivity contribution in [3.8, 4) is 0 Å². The van der Waals surface area contributed by atoms with Gasteiger partial charge in [-0.3, -0.25) is 4.79 Å². The maximum Gasteiger partial charge on any atom is 0.235 e. The van der Waals surface area contributed by atoms with E-state index in [1.54, 1.807) is 18.2 Å². The van der Waals surface area contributed by atoms with E-state index in [0.717, 1.165) is 0 Å². The van der Waals surface area contributed by atoms with Gasteiger partial charge in [-0.05, 0) is 17.7 Å². The lowest BCUT2D eigenvalue weighted by Gasteiger charge is -2.12. The van der Waals surface area contributed by atoms with Crippen molar-refractivity contribution in [2.24, 2.45) is 0 Å². The largest absolute Gasteiger partial charge is 0.387 e. The van der Waals surface area contributed by atoms with Gasteiger partial charge >= 0.3 is 0 Å². The minimum atomic E-state index is -0.832. The molecule has 0 fully saturated rings. The van der Waals surface area contributed by atoms with Crippen LogP contribution in [0.1, 0.15) is 11.7 Å². The summed E-state index contributed by atoms with van der Waals surface area (Å²) in [6.07, 6.45) is -0.832. The molecule has 16 heavy (non-hydrogen) atoms. The molecular formula is C10H10Cl3NO2. The number of hydrogen-bond donors (Lipinski definition) is 2. The van der Waals surface area contributed by atoms with Crippen molar-refractivity contribution in [1.82, 2.24) is 5.32 Å². The Morgan fingerprint density at radius 3 is 2.62 bits per heavy atom. The number of hydrogen-bond acceptors (Lipinski definition) is 2. The second-order valence-electron chi connectivity index (χ2n) is 3.13. The molecule has 0 aromatic heterocycles. The zero-order valence-corrected chi connectivity index (χ0v) is 10.5. The number of aliphatic hydroxyl groups is 1. The molecule has 2 N–H and O–H groups in total. The number of halogens is 3. The van der Waals surface area contributed by atoms with Gasteiger partial charge in [-0.2, -0.15) is 0 Å². The molecule has 0 aliphatic rings. The third-order valence-corrected chi connectivity index (χ3v) is 2.92. The van der Waals surface area contributed by atoms with E-state index in [4.69, 9.17) is 34.8 Å². The van der Waals surface area contributed by atoms with E-state index < -0.39 is 6.10 Å². The van der Waals surface area contributed by atoms with E-state index in [9.17, 15) is 9.90 Å². The molecule has 0 bridgehead atoms. The number of nitrogens with one attached hydrogen (secondary N) is 1. The molecule has 1 aromatic carbocycles. The van der Waals surface area contributed by atoms with Crippen LogP contribution in [0.4, 0.5) is 0 Å². The van der Waals surface area contributed by atoms with Crippen LogP contribution in [-0.4, -0.2) is 23.4 Å². The monoisotopic (exact) mass is 281 g/mol. The smallest absolute Gasteiger partial charge is 0.235 e. The summed E-state index contributed by atoms with van der Waals surface area (Å²) < 4.78 is 0. The normalized spacial score (nSPS) is 12.2. The van der Waals surface area contributed by atoms with Gasteiger partial charge < -0.3 is 10.4 Å². The molecule has 0 spiro atoms. The second kappa shape index (κ2) is 6.30. The predicted octanol–water partition coefficient (Wildman–Crippen LogP) is 2.38. The maximum absolute atomic E-state index is 10.9. The standard InChI is InChI=1S/C10H10Cl3NO2/c11-4-10(16)14-5-9(15)6-1-2-7(12)8(13)3-6/h1-3,9,15H,4-5H2,(H,14,16). The molecule has 1 amide bonds. The molecule has 0 saturated heterocycles. The highest BCUT2D eigenvalue weighted by atomic mass is 35.5. The quantitative estimate of drug-likeness (QED) is 0.833. The molecule has 0 aliphatic heterocycles. The van der Waals surface area contributed by atoms with E-state index >= 15 is 0 Å². The van der Waals surface area contributed by atoms with Gasteiger partial charge in [-0.1, -0.05) is 29.3 Å². The Kier molecular flexibility index (Phi) is 5.35. The fraction of sp³-hybridized carbons (Fsp3) is 0.300. The van der Waals surface area contributed by atoms with Crippen LogP contribution in [0.2, 0.25) is 10.0 Å². The van der Waals surface area contributed by atoms with Gasteiger partial charge in [0.05, 0.1) is 16.1 Å². The summed E-state index contributed by atoms with van der Waals surface area (Å²) in [6, 6.07) is 4.79. The van der Waals surface area contributed by atoms with Crippen LogP contribution in [-0.2, 0) is 4.79 Å². The number of carbonyl (C=O) groups excluding carboxylic acids is 1. The van der Waals surface area contributed by atoms with Crippen LogP contribution in [0.3, 0.4) is 0 Å². The van der Waals surface area contributed by atoms with Crippen molar-refractivity contribution >= 4 is 40.7 Å². The van der Waals surface area contributed by atoms with E-state index in [2.05, 4.69) is 5.32 Å². The highest BCUT2D eigenvalue weighted by molar-refractivity contribution is 6.42. The van der Waals surface area contributed by atoms with E-state index in [-0.39, 0.29) is 18.3 Å². The van der Waals surface area contributed by atoms with Gasteiger partial charge in [0.25, 0.3) is 0 Å². The van der Waals surface area contributed by atoms with Crippen LogP contribution in [0.25, 0.3) is 0 Å². The Morgan fingerprint density at radius 1 is 1.38 bits per heavy atom. The van der Waals surface area contributed by atoms with Crippen LogP contribution in [0.15, 0.2) is 18.2 Å². The number of alkyl halides is 1. The van der Waals surface area contributed by atoms with Crippen molar-refractivity contribution in [3.05, 3.63) is 33.8 Å². The predicted molar refractivity (Wildman–Crippen MR) is 65.2 cm³/mol. The summed E-state index contributed by atoms with van der Waals surface area (Å²) in [6.45, 7) is 0.0868. The zero-order chi connectivity index (χ0) is 12.1. The summed E-state index contributed by atoms with van der Waals surface area (Å²) >= 11 is 16.8. The average molecular weight is 283 g/mol. The highest BCUT2D eigenvalue weighted by Gasteiger charge is 2.10. The summed E-state index contributed by atoms with van der Waals surface area (Å²) in [5, 5.41) is 13.0. The van der Waals surface area contributed by atoms with E-state index in [0.29, 0.717) is 15.6 Å². The molecule has 6 heteroatoms. The number of benzene rings is 1. The molecular weight excluding hydrogens is 272 g/mol. The molecule has 88 valence electrons. The van der Waals surface area contributed by atoms with Gasteiger partial charge in [-0.15, -0.1) is 11.6 Å². The van der Waals surface area contributed by atoms with E-state index in [1.807, 2.05) is 0 Å². The first-order chi connectivity index (χ1) is 7.54. The molecule has 1 atom stereocenters. The Labute approximate surface area is 108 Å². The summed E-state index contributed by atoms with van der Waals surface area (Å²) in [7, 11) is 0. The van der Waals surface area contributed by atoms with E-state index in [1.165, 1.54) is 0 Å². The molecule has 1 rings (SSSR count). The average Bonchev–Trinajstić information content (AvgIpc) is 2.29. The number of aliphatic hydroxyl groups excluding tert-OH is 1. The summed E-state index contributed by atoms with van der Waals surface area (Å²) in [5.41, 5.74) is 0.587. The fourth-order valence-corrected chi connectivity index (χ4v) is 1.50. The highest BCUT2D eigenvalue weighted by Crippen LogP contribution is 2.25. The first-order valence-corrected chi connectivity index (χ1v) is 5.79. The summed E-state index contributed by atoms with van der Waals surface area (Å²) in [4.78, 5) is 10.9. The second-order valence-corrected chi connectivity index (χ2v) is 4.21. The molecule has 0 heterocycles. The van der Waals surface area contributed by atoms with Gasteiger partial charge in [0.1, 0.15) is 5.88 Å². The van der Waals surface area contributed by atoms with Gasteiger partial charge in [0, 0.05) is 6.54 Å². The fourth-order valence-electron chi connectivity index (χ4n) is 1.10. The molecule has 1 unspecified atom stereocenters. The minimum absolute atomic E-state index is 0.0868. The third-order valence-electron chi connectivity index (χ3n) is 1.94. The minimum Gasteiger partial charge on any atom is -0.387 e. The number of rotatable bonds is 4. The topological polar surface area (TPSA) is 49.3 Å². The number of carbonyl (C=O) groups is 1. The number of amides is 1. The zero-order valence-electron chi connectivity index (χ0n) is 8.21. The molecule has 1 aromatic rings. The first-order valence-electron chi connectivity index (χ1n) is 4.50. The lowest BCUT2D eigenvalue weighted by Crippen LogP contribution is -2.29. The van der Waals surface area contributed by atoms with Gasteiger partial charge in [-0.25, -0.2) is 0 Å². The van der Waals surface area contributed by atoms with Crippen LogP contribution < -0.4 is 5.32 Å². The van der Waals surface area contributed by atoms with Gasteiger partial charge in [0.2, 0.25) is 5.91 Å². The SMILES string of the molecule is O=C(CCl)NCC(O)c1ccc(Cl)c(Cl)c1. The Hall–Kier alpha value is -0.480. The molecule has 3 nitrogen and oxygen atoms in total. The third kappa shape index (κ3) is 3.83. The van der Waals surface area contributed by atoms with Crippen LogP contribution in [0, 0.1) is 0 Å². The Bertz CT molecular complexity index is 384. The summed E-state index contributed by atoms with van der Waals surface area (Å²) in [5.74, 6) is -0.463. The van der Waals surface area contributed by atoms with Crippen molar-refractivity contribution < 1.29 is 9.90 Å². The van der Waals surface area contributed by atoms with Crippen molar-refractivity contribution in [1.29, 1.82) is 0 Å². The van der Waals surface area contributed by atoms with Crippen molar-refractivity contribution in [2.45, 2.75) is 6.10 Å². The van der Waals surface area contributed by atoms with Crippen LogP contribution in [0.5, 0.6) is 0 Å². The Morgan fingerprint density at radius 2 is 2.06 bits per heavy atom. The Balaban J connectivity index is 2.62. The van der Waals surface area contributed by atoms with Crippen molar-refractivity contribution in [2.75, 3.05) is 12.4 Å². The lowest BCUT2D eigenvalue weighted by molar-refractivity contribution is -0.119. The van der Waals surface area contributed by atoms with Crippen LogP contribution >= 0.6 is 34.8 Å². The molecule has 0 aliphatic carbocycles. The molecule has 0 saturated carbocycles. The first kappa shape index (κ1) is 13.6. The maximum atomic E-state index is 10.9. The van der Waals surface area contributed by atoms with Gasteiger partial charge in [0.15, 0.2) is 0 Å².